The number of fused-ring (bicyclic) bond motifs is 3. The molecular weight excluding hydrogens is 314 g/mol. The van der Waals surface area contributed by atoms with Gasteiger partial charge < -0.3 is 0 Å². The Bertz CT molecular complexity index is 1030. The molecule has 120 valence electrons. The fraction of sp³-hybridized carbons (Fsp3) is 0.200. The van der Waals surface area contributed by atoms with E-state index in [1.54, 1.807) is 11.8 Å². The van der Waals surface area contributed by atoms with Crippen molar-refractivity contribution < 1.29 is 0 Å². The van der Waals surface area contributed by atoms with Crippen molar-refractivity contribution >= 4 is 28.3 Å². The first kappa shape index (κ1) is 15.2. The Kier molecular flexibility index (Phi) is 3.77. The zero-order valence-corrected chi connectivity index (χ0v) is 14.9. The maximum Gasteiger partial charge on any atom is 0.196 e. The Hall–Kier alpha value is -2.33. The fourth-order valence-corrected chi connectivity index (χ4v) is 3.96. The number of aromatic nitrogens is 3. The predicted octanol–water partition coefficient (Wildman–Crippen LogP) is 5.10. The van der Waals surface area contributed by atoms with Crippen molar-refractivity contribution in [2.45, 2.75) is 31.7 Å². The van der Waals surface area contributed by atoms with Crippen molar-refractivity contribution in [3.8, 4) is 0 Å². The highest BCUT2D eigenvalue weighted by Crippen LogP contribution is 2.29. The Labute approximate surface area is 145 Å². The molecule has 0 aliphatic carbocycles. The maximum absolute atomic E-state index is 4.44. The van der Waals surface area contributed by atoms with Gasteiger partial charge in [-0.1, -0.05) is 59.8 Å². The van der Waals surface area contributed by atoms with E-state index in [1.807, 2.05) is 0 Å². The summed E-state index contributed by atoms with van der Waals surface area (Å²) in [5, 5.41) is 11.0. The topological polar surface area (TPSA) is 30.2 Å². The minimum atomic E-state index is 0.891. The minimum absolute atomic E-state index is 0.891. The van der Waals surface area contributed by atoms with Crippen LogP contribution in [0.1, 0.15) is 22.3 Å². The average Bonchev–Trinajstić information content (AvgIpc) is 2.97. The van der Waals surface area contributed by atoms with Crippen LogP contribution in [0.4, 0.5) is 0 Å². The van der Waals surface area contributed by atoms with Crippen molar-refractivity contribution in [3.05, 3.63) is 70.8 Å². The van der Waals surface area contributed by atoms with Crippen molar-refractivity contribution in [3.63, 3.8) is 0 Å². The van der Waals surface area contributed by atoms with Crippen LogP contribution >= 0.6 is 11.8 Å². The van der Waals surface area contributed by atoms with Gasteiger partial charge in [-0.2, -0.15) is 0 Å². The lowest BCUT2D eigenvalue weighted by Crippen LogP contribution is -1.95. The Balaban J connectivity index is 1.80. The third-order valence-electron chi connectivity index (χ3n) is 4.38. The number of thioether (sulfide) groups is 1. The van der Waals surface area contributed by atoms with Gasteiger partial charge in [0.2, 0.25) is 0 Å². The summed E-state index contributed by atoms with van der Waals surface area (Å²) in [6, 6.07) is 17.2. The van der Waals surface area contributed by atoms with Gasteiger partial charge in [0, 0.05) is 11.1 Å². The molecule has 0 fully saturated rings. The van der Waals surface area contributed by atoms with Crippen molar-refractivity contribution in [1.82, 2.24) is 14.6 Å². The standard InChI is InChI=1S/C20H19N3S/c1-13-7-9-16(10-8-13)12-24-20-22-21-18-11-15(3)17-6-4-5-14(2)19(17)23(18)20/h4-11H,12H2,1-3H3. The van der Waals surface area contributed by atoms with E-state index in [0.717, 1.165) is 16.6 Å². The van der Waals surface area contributed by atoms with Gasteiger partial charge in [0.25, 0.3) is 0 Å². The van der Waals surface area contributed by atoms with Gasteiger partial charge in [0.15, 0.2) is 10.8 Å². The summed E-state index contributed by atoms with van der Waals surface area (Å²) in [5.74, 6) is 0.891. The molecule has 0 aliphatic rings. The van der Waals surface area contributed by atoms with Crippen molar-refractivity contribution in [2.24, 2.45) is 0 Å². The summed E-state index contributed by atoms with van der Waals surface area (Å²) in [4.78, 5) is 0. The summed E-state index contributed by atoms with van der Waals surface area (Å²) < 4.78 is 2.19. The molecule has 4 heteroatoms. The molecule has 24 heavy (non-hydrogen) atoms. The Morgan fingerprint density at radius 2 is 1.71 bits per heavy atom. The van der Waals surface area contributed by atoms with Crippen molar-refractivity contribution in [1.29, 1.82) is 0 Å². The highest BCUT2D eigenvalue weighted by atomic mass is 32.2. The molecule has 0 bridgehead atoms. The van der Waals surface area contributed by atoms with Gasteiger partial charge >= 0.3 is 0 Å². The van der Waals surface area contributed by atoms with Crippen molar-refractivity contribution in [2.75, 3.05) is 0 Å². The lowest BCUT2D eigenvalue weighted by molar-refractivity contribution is 0.938. The molecule has 0 unspecified atom stereocenters. The van der Waals surface area contributed by atoms with Crippen LogP contribution in [0.2, 0.25) is 0 Å². The first-order valence-electron chi connectivity index (χ1n) is 8.06. The van der Waals surface area contributed by atoms with E-state index in [2.05, 4.69) is 83.9 Å². The predicted molar refractivity (Wildman–Crippen MR) is 101 cm³/mol. The number of hydrogen-bond donors (Lipinski definition) is 0. The highest BCUT2D eigenvalue weighted by molar-refractivity contribution is 7.98. The van der Waals surface area contributed by atoms with Crippen LogP contribution in [0.25, 0.3) is 16.6 Å². The number of para-hydroxylation sites is 1. The molecule has 2 heterocycles. The third kappa shape index (κ3) is 2.57. The van der Waals surface area contributed by atoms with Gasteiger partial charge in [-0.15, -0.1) is 10.2 Å². The molecule has 2 aromatic carbocycles. The molecule has 2 aromatic heterocycles. The van der Waals surface area contributed by atoms with Gasteiger partial charge in [0.1, 0.15) is 0 Å². The van der Waals surface area contributed by atoms with Crippen LogP contribution in [-0.4, -0.2) is 14.6 Å². The van der Waals surface area contributed by atoms with Gasteiger partial charge in [-0.3, -0.25) is 4.40 Å². The SMILES string of the molecule is Cc1ccc(CSc2nnc3cc(C)c4cccc(C)c4n23)cc1. The zero-order chi connectivity index (χ0) is 16.7. The second-order valence-electron chi connectivity index (χ2n) is 6.25. The molecule has 0 saturated carbocycles. The summed E-state index contributed by atoms with van der Waals surface area (Å²) in [5.41, 5.74) is 7.20. The van der Waals surface area contributed by atoms with Crippen LogP contribution in [0.3, 0.4) is 0 Å². The van der Waals surface area contributed by atoms with Crippen LogP contribution in [0, 0.1) is 20.8 Å². The molecule has 0 aliphatic heterocycles. The molecular formula is C20H19N3S. The molecule has 3 nitrogen and oxygen atoms in total. The first-order chi connectivity index (χ1) is 11.6. The molecule has 0 amide bonds. The number of rotatable bonds is 3. The smallest absolute Gasteiger partial charge is 0.196 e. The van der Waals surface area contributed by atoms with E-state index in [0.29, 0.717) is 0 Å². The molecule has 0 N–H and O–H groups in total. The number of hydrogen-bond acceptors (Lipinski definition) is 3. The molecule has 4 rings (SSSR count). The summed E-state index contributed by atoms with van der Waals surface area (Å²) in [6.07, 6.45) is 0. The largest absolute Gasteiger partial charge is 0.270 e. The lowest BCUT2D eigenvalue weighted by atomic mass is 10.1. The quantitative estimate of drug-likeness (QED) is 0.489. The Morgan fingerprint density at radius 1 is 0.917 bits per heavy atom. The number of aryl methyl sites for hydroxylation is 3. The van der Waals surface area contributed by atoms with Crippen LogP contribution < -0.4 is 0 Å². The highest BCUT2D eigenvalue weighted by Gasteiger charge is 2.13. The van der Waals surface area contributed by atoms with E-state index < -0.39 is 0 Å². The van der Waals surface area contributed by atoms with E-state index in [9.17, 15) is 0 Å². The van der Waals surface area contributed by atoms with Gasteiger partial charge in [-0.05, 0) is 43.5 Å². The summed E-state index contributed by atoms with van der Waals surface area (Å²) in [6.45, 7) is 6.39. The summed E-state index contributed by atoms with van der Waals surface area (Å²) >= 11 is 1.73. The number of nitrogens with zero attached hydrogens (tertiary/aromatic N) is 3. The molecule has 0 saturated heterocycles. The number of pyridine rings is 1. The normalized spacial score (nSPS) is 11.5. The van der Waals surface area contributed by atoms with Gasteiger partial charge in [-0.25, -0.2) is 0 Å². The Morgan fingerprint density at radius 3 is 2.50 bits per heavy atom. The monoisotopic (exact) mass is 333 g/mol. The zero-order valence-electron chi connectivity index (χ0n) is 14.1. The molecule has 4 aromatic rings. The fourth-order valence-electron chi connectivity index (χ4n) is 3.06. The minimum Gasteiger partial charge on any atom is -0.270 e. The average molecular weight is 333 g/mol. The molecule has 0 atom stereocenters. The van der Waals surface area contributed by atoms with E-state index in [1.165, 1.54) is 33.2 Å². The molecule has 0 radical (unpaired) electrons. The first-order valence-corrected chi connectivity index (χ1v) is 9.04. The van der Waals surface area contributed by atoms with E-state index in [4.69, 9.17) is 0 Å². The van der Waals surface area contributed by atoms with Crippen LogP contribution in [0.5, 0.6) is 0 Å². The lowest BCUT2D eigenvalue weighted by Gasteiger charge is -2.10. The second-order valence-corrected chi connectivity index (χ2v) is 7.19. The molecule has 0 spiro atoms. The van der Waals surface area contributed by atoms with E-state index >= 15 is 0 Å². The second kappa shape index (κ2) is 5.95. The van der Waals surface area contributed by atoms with Crippen LogP contribution in [-0.2, 0) is 5.75 Å². The number of benzene rings is 2. The summed E-state index contributed by atoms with van der Waals surface area (Å²) in [7, 11) is 0. The van der Waals surface area contributed by atoms with E-state index in [-0.39, 0.29) is 0 Å². The third-order valence-corrected chi connectivity index (χ3v) is 5.38. The van der Waals surface area contributed by atoms with Gasteiger partial charge in [0.05, 0.1) is 5.52 Å². The van der Waals surface area contributed by atoms with Crippen LogP contribution in [0.15, 0.2) is 53.7 Å². The maximum atomic E-state index is 4.44.